The molecule has 8 nitrogen and oxygen atoms in total. The van der Waals surface area contributed by atoms with Gasteiger partial charge in [-0.3, -0.25) is 18.8 Å². The number of rotatable bonds is 14. The number of unbranched alkanes of at least 4 members (excludes halogenated alkanes) is 4. The van der Waals surface area contributed by atoms with Gasteiger partial charge < -0.3 is 0 Å². The highest BCUT2D eigenvalue weighted by Gasteiger charge is 1.94. The first-order valence-corrected chi connectivity index (χ1v) is 10.6. The van der Waals surface area contributed by atoms with Gasteiger partial charge >= 0.3 is 10.4 Å². The third-order valence-corrected chi connectivity index (χ3v) is 2.89. The smallest absolute Gasteiger partial charge is 0.299 e. The largest absolute Gasteiger partial charge is 0.394 e. The Hall–Kier alpha value is -0.810. The maximum atomic E-state index is 8.74. The Morgan fingerprint density at radius 1 is 0.815 bits per heavy atom. The molecule has 0 aromatic heterocycles. The summed E-state index contributed by atoms with van der Waals surface area (Å²) < 4.78 is 31.6. The highest BCUT2D eigenvalue weighted by atomic mass is 32.3. The minimum absolute atomic E-state index is 0.798. The third kappa shape index (κ3) is 45.8. The zero-order valence-corrected chi connectivity index (χ0v) is 18.3. The molecule has 0 radical (unpaired) electrons. The average Bonchev–Trinajstić information content (AvgIpc) is 2.55. The maximum Gasteiger partial charge on any atom is 0.394 e. The van der Waals surface area contributed by atoms with E-state index in [1.54, 1.807) is 0 Å². The molecule has 27 heavy (non-hydrogen) atoms. The number of hydroxylamine groups is 4. The summed E-state index contributed by atoms with van der Waals surface area (Å²) in [5.74, 6) is 0. The zero-order chi connectivity index (χ0) is 21.6. The van der Waals surface area contributed by atoms with Crippen molar-refractivity contribution >= 4 is 10.4 Å². The van der Waals surface area contributed by atoms with Crippen LogP contribution in [0.3, 0.4) is 0 Å². The monoisotopic (exact) mass is 412 g/mol. The second kappa shape index (κ2) is 23.2. The molecule has 0 aliphatic rings. The molecule has 0 spiro atoms. The first-order chi connectivity index (χ1) is 12.6. The number of likely N-dealkylation sites (N-methyl/N-ethyl adjacent to an activating group) is 2. The predicted octanol–water partition coefficient (Wildman–Crippen LogP) is 3.80. The fourth-order valence-corrected chi connectivity index (χ4v) is 1.61. The summed E-state index contributed by atoms with van der Waals surface area (Å²) in [4.78, 5) is 10.7. The lowest BCUT2D eigenvalue weighted by Crippen LogP contribution is -2.19. The number of nitrogens with zero attached hydrogens (tertiary/aromatic N) is 2. The highest BCUT2D eigenvalue weighted by molar-refractivity contribution is 7.79. The molecule has 0 fully saturated rings. The van der Waals surface area contributed by atoms with Gasteiger partial charge in [0, 0.05) is 27.2 Å². The third-order valence-electron chi connectivity index (χ3n) is 2.89. The molecule has 0 bridgehead atoms. The van der Waals surface area contributed by atoms with Crippen LogP contribution in [0.5, 0.6) is 0 Å². The molecule has 0 aromatic carbocycles. The van der Waals surface area contributed by atoms with Gasteiger partial charge in [-0.1, -0.05) is 51.7 Å². The van der Waals surface area contributed by atoms with Crippen LogP contribution in [0.4, 0.5) is 0 Å². The fraction of sp³-hybridized carbons (Fsp3) is 0.778. The highest BCUT2D eigenvalue weighted by Crippen LogP contribution is 1.96. The first-order valence-electron chi connectivity index (χ1n) is 9.22. The Kier molecular flexibility index (Phi) is 26.6. The summed E-state index contributed by atoms with van der Waals surface area (Å²) in [6.45, 7) is 14.9. The van der Waals surface area contributed by atoms with Crippen LogP contribution in [-0.4, -0.2) is 68.0 Å². The van der Waals surface area contributed by atoms with E-state index in [2.05, 4.69) is 27.0 Å². The molecule has 0 saturated heterocycles. The molecule has 9 heteroatoms. The van der Waals surface area contributed by atoms with Crippen LogP contribution in [0.15, 0.2) is 25.3 Å². The quantitative estimate of drug-likeness (QED) is 0.192. The van der Waals surface area contributed by atoms with Crippen LogP contribution in [0.25, 0.3) is 0 Å². The van der Waals surface area contributed by atoms with Gasteiger partial charge in [-0.05, 0) is 12.8 Å². The van der Waals surface area contributed by atoms with Crippen LogP contribution in [0, 0.1) is 0 Å². The van der Waals surface area contributed by atoms with Gasteiger partial charge in [-0.25, -0.2) is 0 Å². The van der Waals surface area contributed by atoms with Crippen molar-refractivity contribution in [3.8, 4) is 0 Å². The van der Waals surface area contributed by atoms with Crippen LogP contribution in [-0.2, 0) is 20.1 Å². The lowest BCUT2D eigenvalue weighted by Gasteiger charge is -2.13. The second-order valence-corrected chi connectivity index (χ2v) is 6.62. The Labute approximate surface area is 166 Å². The van der Waals surface area contributed by atoms with Crippen molar-refractivity contribution in [2.75, 3.05) is 40.4 Å². The van der Waals surface area contributed by atoms with E-state index >= 15 is 0 Å². The van der Waals surface area contributed by atoms with Gasteiger partial charge in [0.1, 0.15) is 0 Å². The molecule has 0 saturated carbocycles. The van der Waals surface area contributed by atoms with Crippen molar-refractivity contribution in [2.45, 2.75) is 52.4 Å². The molecule has 0 unspecified atom stereocenters. The summed E-state index contributed by atoms with van der Waals surface area (Å²) in [6, 6.07) is 0. The zero-order valence-electron chi connectivity index (χ0n) is 17.5. The molecule has 164 valence electrons. The van der Waals surface area contributed by atoms with E-state index < -0.39 is 10.4 Å². The Morgan fingerprint density at radius 3 is 1.33 bits per heavy atom. The predicted molar refractivity (Wildman–Crippen MR) is 111 cm³/mol. The minimum atomic E-state index is -4.67. The minimum Gasteiger partial charge on any atom is -0.299 e. The first kappa shape index (κ1) is 30.9. The molecule has 2 N–H and O–H groups in total. The van der Waals surface area contributed by atoms with Gasteiger partial charge in [0.05, 0.1) is 13.2 Å². The van der Waals surface area contributed by atoms with E-state index in [0.29, 0.717) is 0 Å². The molecule has 0 aliphatic heterocycles. The molecular weight excluding hydrogens is 372 g/mol. The Balaban J connectivity index is -0.000000344. The summed E-state index contributed by atoms with van der Waals surface area (Å²) in [7, 11) is -0.818. The summed E-state index contributed by atoms with van der Waals surface area (Å²) in [5, 5.41) is 3.62. The van der Waals surface area contributed by atoms with E-state index in [0.717, 1.165) is 39.1 Å². The summed E-state index contributed by atoms with van der Waals surface area (Å²) >= 11 is 0. The van der Waals surface area contributed by atoms with Crippen molar-refractivity contribution in [1.29, 1.82) is 0 Å². The Bertz CT molecular complexity index is 386. The van der Waals surface area contributed by atoms with E-state index in [1.807, 2.05) is 36.4 Å². The standard InChI is InChI=1S/2C9H19NO.H2O4S/c2*1-4-6-7-9-11-10(3)8-5-2;1-5(2,3)4/h2*5H,2,4,6-9H2,1,3H3;(H2,1,2,3,4). The topological polar surface area (TPSA) is 99.5 Å². The van der Waals surface area contributed by atoms with Gasteiger partial charge in [0.25, 0.3) is 0 Å². The normalized spacial score (nSPS) is 10.7. The summed E-state index contributed by atoms with van der Waals surface area (Å²) in [5.41, 5.74) is 0. The summed E-state index contributed by atoms with van der Waals surface area (Å²) in [6.07, 6.45) is 11.0. The van der Waals surface area contributed by atoms with Crippen molar-refractivity contribution < 1.29 is 27.2 Å². The number of hydrogen-bond acceptors (Lipinski definition) is 6. The van der Waals surface area contributed by atoms with Crippen LogP contribution < -0.4 is 0 Å². The maximum absolute atomic E-state index is 8.74. The average molecular weight is 413 g/mol. The molecule has 0 atom stereocenters. The molecule has 0 aromatic rings. The molecule has 0 heterocycles. The van der Waals surface area contributed by atoms with E-state index in [-0.39, 0.29) is 0 Å². The van der Waals surface area contributed by atoms with Gasteiger partial charge in [-0.15, -0.1) is 13.2 Å². The van der Waals surface area contributed by atoms with E-state index in [4.69, 9.17) is 27.2 Å². The fourth-order valence-electron chi connectivity index (χ4n) is 1.61. The molecule has 0 rings (SSSR count). The van der Waals surface area contributed by atoms with Crippen molar-refractivity contribution in [3.63, 3.8) is 0 Å². The van der Waals surface area contributed by atoms with Crippen molar-refractivity contribution in [3.05, 3.63) is 25.3 Å². The molecule has 0 aliphatic carbocycles. The molecular formula is C18H40N2O6S. The number of hydrogen-bond donors (Lipinski definition) is 2. The van der Waals surface area contributed by atoms with Crippen LogP contribution in [0.2, 0.25) is 0 Å². The van der Waals surface area contributed by atoms with E-state index in [9.17, 15) is 0 Å². The van der Waals surface area contributed by atoms with Gasteiger partial charge in [0.15, 0.2) is 0 Å². The molecule has 0 amide bonds. The lowest BCUT2D eigenvalue weighted by atomic mass is 10.3. The van der Waals surface area contributed by atoms with Crippen molar-refractivity contribution in [1.82, 2.24) is 10.1 Å². The van der Waals surface area contributed by atoms with Crippen LogP contribution in [0.1, 0.15) is 52.4 Å². The van der Waals surface area contributed by atoms with E-state index in [1.165, 1.54) is 25.7 Å². The second-order valence-electron chi connectivity index (χ2n) is 5.73. The SMILES string of the molecule is C=CCN(C)OCCCCC.C=CCN(C)OCCCCC.O=S(=O)(O)O. The van der Waals surface area contributed by atoms with Gasteiger partial charge in [0.2, 0.25) is 0 Å². The van der Waals surface area contributed by atoms with Crippen molar-refractivity contribution in [2.24, 2.45) is 0 Å². The van der Waals surface area contributed by atoms with Gasteiger partial charge in [-0.2, -0.15) is 18.5 Å². The van der Waals surface area contributed by atoms with Crippen LogP contribution >= 0.6 is 0 Å². The Morgan fingerprint density at radius 2 is 1.11 bits per heavy atom. The lowest BCUT2D eigenvalue weighted by molar-refractivity contribution is -0.132.